The highest BCUT2D eigenvalue weighted by atomic mass is 19.1. The van der Waals surface area contributed by atoms with Gasteiger partial charge in [-0.2, -0.15) is 5.10 Å². The molecule has 5 heteroatoms. The molecule has 0 bridgehead atoms. The van der Waals surface area contributed by atoms with Crippen molar-refractivity contribution in [3.05, 3.63) is 47.8 Å². The average Bonchev–Trinajstić information content (AvgIpc) is 2.75. The third-order valence-electron chi connectivity index (χ3n) is 3.43. The summed E-state index contributed by atoms with van der Waals surface area (Å²) in [7, 11) is 0. The molecule has 1 saturated heterocycles. The molecular weight excluding hydrogens is 233 g/mol. The summed E-state index contributed by atoms with van der Waals surface area (Å²) in [5.74, 6) is -0.223. The largest absolute Gasteiger partial charge is 0.359 e. The van der Waals surface area contributed by atoms with Crippen LogP contribution in [0.5, 0.6) is 0 Å². The van der Waals surface area contributed by atoms with Crippen LogP contribution in [0.1, 0.15) is 18.1 Å². The van der Waals surface area contributed by atoms with Gasteiger partial charge in [0.05, 0.1) is 12.6 Å². The summed E-state index contributed by atoms with van der Waals surface area (Å²) in [5.41, 5.74) is 0.891. The van der Waals surface area contributed by atoms with Gasteiger partial charge in [-0.15, -0.1) is 0 Å². The van der Waals surface area contributed by atoms with Crippen LogP contribution >= 0.6 is 0 Å². The molecular formula is C13H14FN3O. The number of aromatic nitrogens is 3. The molecule has 2 aromatic rings. The third kappa shape index (κ3) is 1.71. The minimum Gasteiger partial charge on any atom is -0.359 e. The maximum atomic E-state index is 14.1. The van der Waals surface area contributed by atoms with Gasteiger partial charge in [-0.25, -0.2) is 14.1 Å². The molecule has 1 aliphatic rings. The van der Waals surface area contributed by atoms with E-state index in [4.69, 9.17) is 4.74 Å². The summed E-state index contributed by atoms with van der Waals surface area (Å²) in [6.07, 6.45) is 3.06. The first-order valence-electron chi connectivity index (χ1n) is 5.89. The molecule has 2 heterocycles. The van der Waals surface area contributed by atoms with Crippen LogP contribution in [-0.2, 0) is 16.9 Å². The Morgan fingerprint density at radius 3 is 2.83 bits per heavy atom. The number of epoxide rings is 1. The summed E-state index contributed by atoms with van der Waals surface area (Å²) in [4.78, 5) is 3.89. The predicted molar refractivity (Wildman–Crippen MR) is 63.4 cm³/mol. The maximum Gasteiger partial charge on any atom is 0.142 e. The lowest BCUT2D eigenvalue weighted by Crippen LogP contribution is -2.22. The van der Waals surface area contributed by atoms with Crippen molar-refractivity contribution < 1.29 is 9.13 Å². The zero-order valence-corrected chi connectivity index (χ0v) is 10.3. The van der Waals surface area contributed by atoms with Crippen molar-refractivity contribution in [2.45, 2.75) is 32.1 Å². The van der Waals surface area contributed by atoms with E-state index in [1.165, 1.54) is 12.4 Å². The Bertz CT molecular complexity index is 570. The standard InChI is InChI=1S/C13H14FN3O/c1-9-3-4-11(12(14)5-9)13(10(2)18-13)6-17-8-15-7-16-17/h3-5,7-8,10H,6H2,1-2H3. The van der Waals surface area contributed by atoms with E-state index in [1.54, 1.807) is 17.1 Å². The highest BCUT2D eigenvalue weighted by Gasteiger charge is 2.56. The lowest BCUT2D eigenvalue weighted by Gasteiger charge is -2.14. The van der Waals surface area contributed by atoms with Gasteiger partial charge in [0.1, 0.15) is 24.1 Å². The maximum absolute atomic E-state index is 14.1. The summed E-state index contributed by atoms with van der Waals surface area (Å²) in [5, 5.41) is 4.05. The highest BCUT2D eigenvalue weighted by molar-refractivity contribution is 5.33. The van der Waals surface area contributed by atoms with Crippen molar-refractivity contribution in [3.63, 3.8) is 0 Å². The normalized spacial score (nSPS) is 26.3. The van der Waals surface area contributed by atoms with Gasteiger partial charge < -0.3 is 4.74 Å². The van der Waals surface area contributed by atoms with Gasteiger partial charge in [0.2, 0.25) is 0 Å². The first-order valence-corrected chi connectivity index (χ1v) is 5.89. The van der Waals surface area contributed by atoms with Crippen LogP contribution < -0.4 is 0 Å². The molecule has 0 spiro atoms. The molecule has 0 amide bonds. The summed E-state index contributed by atoms with van der Waals surface area (Å²) >= 11 is 0. The van der Waals surface area contributed by atoms with Crippen molar-refractivity contribution in [1.82, 2.24) is 14.8 Å². The number of ether oxygens (including phenoxy) is 1. The molecule has 0 saturated carbocycles. The zero-order chi connectivity index (χ0) is 12.8. The Morgan fingerprint density at radius 2 is 2.28 bits per heavy atom. The second kappa shape index (κ2) is 3.88. The fourth-order valence-corrected chi connectivity index (χ4v) is 2.33. The third-order valence-corrected chi connectivity index (χ3v) is 3.43. The van der Waals surface area contributed by atoms with Crippen LogP contribution in [0.2, 0.25) is 0 Å². The van der Waals surface area contributed by atoms with Crippen LogP contribution in [0.25, 0.3) is 0 Å². The SMILES string of the molecule is Cc1ccc(C2(Cn3cncn3)OC2C)c(F)c1. The van der Waals surface area contributed by atoms with Gasteiger partial charge in [0.25, 0.3) is 0 Å². The number of rotatable bonds is 3. The molecule has 0 aliphatic carbocycles. The Kier molecular flexibility index (Phi) is 2.45. The molecule has 1 aliphatic heterocycles. The average molecular weight is 247 g/mol. The molecule has 2 atom stereocenters. The quantitative estimate of drug-likeness (QED) is 0.779. The number of hydrogen-bond donors (Lipinski definition) is 0. The molecule has 4 nitrogen and oxygen atoms in total. The topological polar surface area (TPSA) is 43.2 Å². The van der Waals surface area contributed by atoms with E-state index in [0.717, 1.165) is 5.56 Å². The first kappa shape index (κ1) is 11.3. The van der Waals surface area contributed by atoms with E-state index >= 15 is 0 Å². The van der Waals surface area contributed by atoms with Crippen LogP contribution in [-0.4, -0.2) is 20.9 Å². The van der Waals surface area contributed by atoms with E-state index in [9.17, 15) is 4.39 Å². The van der Waals surface area contributed by atoms with Gasteiger partial charge in [-0.1, -0.05) is 12.1 Å². The van der Waals surface area contributed by atoms with Crippen LogP contribution in [0.4, 0.5) is 4.39 Å². The molecule has 3 rings (SSSR count). The molecule has 94 valence electrons. The summed E-state index contributed by atoms with van der Waals surface area (Å²) in [6.45, 7) is 4.29. The smallest absolute Gasteiger partial charge is 0.142 e. The van der Waals surface area contributed by atoms with E-state index in [1.807, 2.05) is 19.9 Å². The lowest BCUT2D eigenvalue weighted by molar-refractivity contribution is 0.258. The van der Waals surface area contributed by atoms with Crippen molar-refractivity contribution in [2.24, 2.45) is 0 Å². The fraction of sp³-hybridized carbons (Fsp3) is 0.385. The van der Waals surface area contributed by atoms with Crippen molar-refractivity contribution in [2.75, 3.05) is 0 Å². The minimum atomic E-state index is -0.606. The molecule has 0 radical (unpaired) electrons. The number of nitrogens with zero attached hydrogens (tertiary/aromatic N) is 3. The van der Waals surface area contributed by atoms with Crippen molar-refractivity contribution in [1.29, 1.82) is 0 Å². The zero-order valence-electron chi connectivity index (χ0n) is 10.3. The number of hydrogen-bond acceptors (Lipinski definition) is 3. The van der Waals surface area contributed by atoms with Gasteiger partial charge in [-0.05, 0) is 25.5 Å². The van der Waals surface area contributed by atoms with Gasteiger partial charge in [0, 0.05) is 5.56 Å². The molecule has 2 unspecified atom stereocenters. The van der Waals surface area contributed by atoms with Gasteiger partial charge >= 0.3 is 0 Å². The lowest BCUT2D eigenvalue weighted by atomic mass is 9.94. The van der Waals surface area contributed by atoms with E-state index < -0.39 is 5.60 Å². The molecule has 1 fully saturated rings. The first-order chi connectivity index (χ1) is 8.62. The van der Waals surface area contributed by atoms with E-state index in [-0.39, 0.29) is 11.9 Å². The predicted octanol–water partition coefficient (Wildman–Crippen LogP) is 2.04. The number of benzene rings is 1. The van der Waals surface area contributed by atoms with Crippen LogP contribution in [0, 0.1) is 12.7 Å². The fourth-order valence-electron chi connectivity index (χ4n) is 2.33. The molecule has 18 heavy (non-hydrogen) atoms. The Hall–Kier alpha value is -1.75. The minimum absolute atomic E-state index is 0.0149. The molecule has 0 N–H and O–H groups in total. The van der Waals surface area contributed by atoms with Gasteiger partial charge in [0.15, 0.2) is 0 Å². The van der Waals surface area contributed by atoms with Crippen molar-refractivity contribution >= 4 is 0 Å². The van der Waals surface area contributed by atoms with Gasteiger partial charge in [-0.3, -0.25) is 0 Å². The van der Waals surface area contributed by atoms with Crippen LogP contribution in [0.15, 0.2) is 30.9 Å². The Labute approximate surface area is 104 Å². The monoisotopic (exact) mass is 247 g/mol. The summed E-state index contributed by atoms with van der Waals surface area (Å²) in [6, 6.07) is 5.23. The molecule has 1 aromatic heterocycles. The second-order valence-corrected chi connectivity index (χ2v) is 4.73. The number of halogens is 1. The van der Waals surface area contributed by atoms with Crippen molar-refractivity contribution in [3.8, 4) is 0 Å². The highest BCUT2D eigenvalue weighted by Crippen LogP contribution is 2.48. The molecule has 1 aromatic carbocycles. The Balaban J connectivity index is 1.97. The van der Waals surface area contributed by atoms with E-state index in [0.29, 0.717) is 12.1 Å². The second-order valence-electron chi connectivity index (χ2n) is 4.73. The van der Waals surface area contributed by atoms with Crippen LogP contribution in [0.3, 0.4) is 0 Å². The number of aryl methyl sites for hydroxylation is 1. The Morgan fingerprint density at radius 1 is 1.50 bits per heavy atom. The summed E-state index contributed by atoms with van der Waals surface area (Å²) < 4.78 is 21.4. The van der Waals surface area contributed by atoms with E-state index in [2.05, 4.69) is 10.1 Å².